The second kappa shape index (κ2) is 5.16. The molecule has 0 saturated heterocycles. The van der Waals surface area contributed by atoms with E-state index >= 15 is 0 Å². The number of rotatable bonds is 2. The fourth-order valence-corrected chi connectivity index (χ4v) is 3.02. The zero-order valence-electron chi connectivity index (χ0n) is 11.0. The van der Waals surface area contributed by atoms with Crippen molar-refractivity contribution in [3.8, 4) is 0 Å². The van der Waals surface area contributed by atoms with Crippen LogP contribution in [0.2, 0.25) is 10.0 Å². The Morgan fingerprint density at radius 2 is 2.10 bits per heavy atom. The molecular weight excluding hydrogens is 313 g/mol. The normalized spacial score (nSPS) is 20.8. The highest BCUT2D eigenvalue weighted by molar-refractivity contribution is 6.42. The van der Waals surface area contributed by atoms with E-state index in [2.05, 4.69) is 10.1 Å². The summed E-state index contributed by atoms with van der Waals surface area (Å²) in [6.07, 6.45) is 1.59. The Morgan fingerprint density at radius 3 is 2.81 bits per heavy atom. The van der Waals surface area contributed by atoms with Crippen LogP contribution in [0, 0.1) is 5.92 Å². The average molecular weight is 324 g/mol. The van der Waals surface area contributed by atoms with Gasteiger partial charge in [0.05, 0.1) is 22.3 Å². The molecule has 2 heterocycles. The zero-order chi connectivity index (χ0) is 15.1. The molecule has 0 radical (unpaired) electrons. The number of aliphatic carboxylic acids is 1. The van der Waals surface area contributed by atoms with Crippen molar-refractivity contribution < 1.29 is 9.90 Å². The fraction of sp³-hybridized carbons (Fsp3) is 0.214. The van der Waals surface area contributed by atoms with Crippen molar-refractivity contribution in [2.24, 2.45) is 10.9 Å². The molecule has 0 spiro atoms. The van der Waals surface area contributed by atoms with E-state index in [1.165, 1.54) is 0 Å². The molecule has 2 aromatic rings. The largest absolute Gasteiger partial charge is 0.481 e. The third-order valence-corrected chi connectivity index (χ3v) is 4.37. The molecule has 3 rings (SSSR count). The third kappa shape index (κ3) is 2.22. The summed E-state index contributed by atoms with van der Waals surface area (Å²) in [7, 11) is 0. The Labute approximate surface area is 130 Å². The monoisotopic (exact) mass is 323 g/mol. The van der Waals surface area contributed by atoms with Gasteiger partial charge in [0, 0.05) is 11.8 Å². The van der Waals surface area contributed by atoms with Gasteiger partial charge in [-0.25, -0.2) is 9.67 Å². The molecule has 2 atom stereocenters. The van der Waals surface area contributed by atoms with Gasteiger partial charge < -0.3 is 5.11 Å². The minimum absolute atomic E-state index is 0.339. The molecule has 1 aromatic carbocycles. The molecule has 1 N–H and O–H groups in total. The van der Waals surface area contributed by atoms with Crippen LogP contribution in [-0.4, -0.2) is 26.6 Å². The van der Waals surface area contributed by atoms with E-state index in [0.29, 0.717) is 27.1 Å². The Morgan fingerprint density at radius 1 is 1.33 bits per heavy atom. The van der Waals surface area contributed by atoms with Crippen molar-refractivity contribution in [3.63, 3.8) is 0 Å². The van der Waals surface area contributed by atoms with E-state index in [1.807, 2.05) is 0 Å². The first-order chi connectivity index (χ1) is 10.0. The average Bonchev–Trinajstić information content (AvgIpc) is 2.88. The predicted molar refractivity (Wildman–Crippen MR) is 80.7 cm³/mol. The summed E-state index contributed by atoms with van der Waals surface area (Å²) in [5, 5.41) is 14.5. The minimum Gasteiger partial charge on any atom is -0.481 e. The maximum atomic E-state index is 11.7. The number of benzene rings is 1. The van der Waals surface area contributed by atoms with Crippen LogP contribution in [0.5, 0.6) is 0 Å². The molecular formula is C14H11Cl2N3O2. The van der Waals surface area contributed by atoms with Gasteiger partial charge in [-0.1, -0.05) is 35.3 Å². The van der Waals surface area contributed by atoms with Crippen LogP contribution in [0.15, 0.2) is 35.5 Å². The lowest BCUT2D eigenvalue weighted by molar-refractivity contribution is -0.140. The van der Waals surface area contributed by atoms with Crippen LogP contribution in [0.3, 0.4) is 0 Å². The van der Waals surface area contributed by atoms with Gasteiger partial charge in [0.1, 0.15) is 5.92 Å². The van der Waals surface area contributed by atoms with Gasteiger partial charge >= 0.3 is 5.97 Å². The lowest BCUT2D eigenvalue weighted by Crippen LogP contribution is -2.35. The number of hydrogen-bond acceptors (Lipinski definition) is 3. The Kier molecular flexibility index (Phi) is 3.47. The summed E-state index contributed by atoms with van der Waals surface area (Å²) < 4.78 is 1.57. The molecule has 0 fully saturated rings. The molecule has 0 aliphatic carbocycles. The Hall–Kier alpha value is -1.85. The molecule has 1 aromatic heterocycles. The number of nitrogens with zero attached hydrogens (tertiary/aromatic N) is 3. The van der Waals surface area contributed by atoms with Crippen molar-refractivity contribution in [3.05, 3.63) is 46.1 Å². The first-order valence-electron chi connectivity index (χ1n) is 6.26. The van der Waals surface area contributed by atoms with Crippen LogP contribution in [0.1, 0.15) is 18.5 Å². The van der Waals surface area contributed by atoms with E-state index in [1.54, 1.807) is 42.1 Å². The number of aromatic nitrogens is 2. The summed E-state index contributed by atoms with van der Waals surface area (Å²) in [6, 6.07) is 6.33. The predicted octanol–water partition coefficient (Wildman–Crippen LogP) is 3.59. The number of carboxylic acids is 1. The van der Waals surface area contributed by atoms with E-state index in [4.69, 9.17) is 23.2 Å². The van der Waals surface area contributed by atoms with Gasteiger partial charge in [0.25, 0.3) is 0 Å². The summed E-state index contributed by atoms with van der Waals surface area (Å²) in [5.41, 5.74) is 1.13. The molecule has 0 saturated carbocycles. The van der Waals surface area contributed by atoms with Gasteiger partial charge in [-0.05, 0) is 18.6 Å². The quantitative estimate of drug-likeness (QED) is 0.918. The zero-order valence-corrected chi connectivity index (χ0v) is 12.5. The Balaban J connectivity index is 2.24. The topological polar surface area (TPSA) is 67.5 Å². The van der Waals surface area contributed by atoms with Gasteiger partial charge in [-0.3, -0.25) is 4.79 Å². The highest BCUT2D eigenvalue weighted by Crippen LogP contribution is 2.40. The van der Waals surface area contributed by atoms with Crippen molar-refractivity contribution in [1.82, 2.24) is 9.78 Å². The maximum Gasteiger partial charge on any atom is 0.314 e. The molecule has 1 aliphatic rings. The van der Waals surface area contributed by atoms with Crippen LogP contribution in [0.4, 0.5) is 5.82 Å². The molecule has 7 heteroatoms. The number of fused-ring (bicyclic) bond motifs is 1. The van der Waals surface area contributed by atoms with Crippen LogP contribution >= 0.6 is 23.2 Å². The molecule has 0 amide bonds. The van der Waals surface area contributed by atoms with Crippen molar-refractivity contribution in [1.29, 1.82) is 0 Å². The van der Waals surface area contributed by atoms with Crippen molar-refractivity contribution in [2.45, 2.75) is 13.0 Å². The van der Waals surface area contributed by atoms with E-state index in [0.717, 1.165) is 0 Å². The lowest BCUT2D eigenvalue weighted by Gasteiger charge is -2.30. The third-order valence-electron chi connectivity index (χ3n) is 3.54. The van der Waals surface area contributed by atoms with Crippen molar-refractivity contribution >= 4 is 40.7 Å². The minimum atomic E-state index is -0.974. The van der Waals surface area contributed by atoms with E-state index < -0.39 is 17.9 Å². The Bertz CT molecular complexity index is 754. The molecule has 1 aliphatic heterocycles. The number of hydrogen-bond donors (Lipinski definition) is 1. The first-order valence-corrected chi connectivity index (χ1v) is 7.01. The van der Waals surface area contributed by atoms with Gasteiger partial charge in [0.2, 0.25) is 0 Å². The molecule has 0 bridgehead atoms. The standard InChI is InChI=1S/C14H11Cl2N3O2/c1-7-11(14(20)21)13(19-10(18-7)5-6-17-19)8-3-2-4-9(15)12(8)16/h2-6,11,13H,1H3,(H,20,21). The van der Waals surface area contributed by atoms with Gasteiger partial charge in [0.15, 0.2) is 5.82 Å². The van der Waals surface area contributed by atoms with Gasteiger partial charge in [-0.15, -0.1) is 0 Å². The number of carbonyl (C=O) groups is 1. The highest BCUT2D eigenvalue weighted by Gasteiger charge is 2.39. The fourth-order valence-electron chi connectivity index (χ4n) is 2.60. The van der Waals surface area contributed by atoms with E-state index in [-0.39, 0.29) is 0 Å². The number of aliphatic imine (C=N–C) groups is 1. The number of halogens is 2. The van der Waals surface area contributed by atoms with Crippen LogP contribution in [-0.2, 0) is 4.79 Å². The second-order valence-electron chi connectivity index (χ2n) is 4.79. The summed E-state index contributed by atoms with van der Waals surface area (Å²) in [5.74, 6) is -1.21. The SMILES string of the molecule is CC1=Nc2ccnn2C(c2cccc(Cl)c2Cl)C1C(=O)O. The van der Waals surface area contributed by atoms with Crippen LogP contribution in [0.25, 0.3) is 0 Å². The number of carboxylic acid groups (broad SMARTS) is 1. The highest BCUT2D eigenvalue weighted by atomic mass is 35.5. The molecule has 21 heavy (non-hydrogen) atoms. The smallest absolute Gasteiger partial charge is 0.314 e. The summed E-state index contributed by atoms with van der Waals surface area (Å²) >= 11 is 12.3. The molecule has 2 unspecified atom stereocenters. The summed E-state index contributed by atoms with van der Waals surface area (Å²) in [4.78, 5) is 16.0. The molecule has 5 nitrogen and oxygen atoms in total. The lowest BCUT2D eigenvalue weighted by atomic mass is 9.88. The summed E-state index contributed by atoms with van der Waals surface area (Å²) in [6.45, 7) is 1.70. The molecule has 108 valence electrons. The van der Waals surface area contributed by atoms with Crippen LogP contribution < -0.4 is 0 Å². The van der Waals surface area contributed by atoms with Crippen molar-refractivity contribution in [2.75, 3.05) is 0 Å². The first kappa shape index (κ1) is 14.1. The second-order valence-corrected chi connectivity index (χ2v) is 5.58. The maximum absolute atomic E-state index is 11.7. The van der Waals surface area contributed by atoms with Gasteiger partial charge in [-0.2, -0.15) is 5.10 Å². The van der Waals surface area contributed by atoms with E-state index in [9.17, 15) is 9.90 Å².